The first-order chi connectivity index (χ1) is 8.68. The van der Waals surface area contributed by atoms with Crippen molar-refractivity contribution in [3.05, 3.63) is 12.2 Å². The summed E-state index contributed by atoms with van der Waals surface area (Å²) in [5, 5.41) is 0. The third-order valence-electron chi connectivity index (χ3n) is 1.60. The Hall–Kier alpha value is -2.06. The van der Waals surface area contributed by atoms with Gasteiger partial charge in [-0.05, 0) is 6.92 Å². The van der Waals surface area contributed by atoms with Gasteiger partial charge in [-0.2, -0.15) is 13.2 Å². The first-order valence-electron chi connectivity index (χ1n) is 4.84. The second-order valence-electron chi connectivity index (χ2n) is 3.33. The molecule has 0 radical (unpaired) electrons. The summed E-state index contributed by atoms with van der Waals surface area (Å²) in [5.41, 5.74) is -0.0155. The molecule has 0 rings (SSSR count). The minimum atomic E-state index is -5.16. The van der Waals surface area contributed by atoms with Crippen LogP contribution in [0.25, 0.3) is 0 Å². The van der Waals surface area contributed by atoms with Gasteiger partial charge in [0.15, 0.2) is 6.10 Å². The zero-order chi connectivity index (χ0) is 15.1. The minimum absolute atomic E-state index is 0.00713. The fourth-order valence-electron chi connectivity index (χ4n) is 0.765. The van der Waals surface area contributed by atoms with E-state index in [9.17, 15) is 27.6 Å². The van der Waals surface area contributed by atoms with Gasteiger partial charge >= 0.3 is 18.1 Å². The Morgan fingerprint density at radius 3 is 2.32 bits per heavy atom. The lowest BCUT2D eigenvalue weighted by Crippen LogP contribution is -2.33. The molecule has 0 aliphatic rings. The third kappa shape index (κ3) is 7.06. The minimum Gasteiger partial charge on any atom is -0.464 e. The van der Waals surface area contributed by atoms with Crippen molar-refractivity contribution in [2.45, 2.75) is 19.2 Å². The molecule has 0 aromatic heterocycles. The van der Waals surface area contributed by atoms with E-state index in [2.05, 4.69) is 20.8 Å². The van der Waals surface area contributed by atoms with Crippen molar-refractivity contribution >= 4 is 18.4 Å². The molecule has 1 unspecified atom stereocenters. The van der Waals surface area contributed by atoms with E-state index >= 15 is 0 Å². The van der Waals surface area contributed by atoms with Crippen LogP contribution in [0, 0.1) is 0 Å². The Morgan fingerprint density at radius 1 is 1.32 bits per heavy atom. The Bertz CT molecular complexity index is 363. The van der Waals surface area contributed by atoms with Crippen LogP contribution in [0.15, 0.2) is 12.2 Å². The highest BCUT2D eigenvalue weighted by atomic mass is 19.4. The summed E-state index contributed by atoms with van der Waals surface area (Å²) in [6.07, 6.45) is -6.50. The van der Waals surface area contributed by atoms with Gasteiger partial charge in [0.25, 0.3) is 6.47 Å². The Labute approximate surface area is 106 Å². The van der Waals surface area contributed by atoms with Crippen LogP contribution in [-0.2, 0) is 28.6 Å². The summed E-state index contributed by atoms with van der Waals surface area (Å²) in [5.74, 6) is -3.35. The predicted octanol–water partition coefficient (Wildman–Crippen LogP) is 0.753. The highest BCUT2D eigenvalue weighted by Crippen LogP contribution is 2.16. The average molecular weight is 284 g/mol. The molecule has 0 bridgehead atoms. The summed E-state index contributed by atoms with van der Waals surface area (Å²) < 4.78 is 48.3. The van der Waals surface area contributed by atoms with E-state index in [4.69, 9.17) is 0 Å². The quantitative estimate of drug-likeness (QED) is 0.297. The molecule has 6 nitrogen and oxygen atoms in total. The van der Waals surface area contributed by atoms with Crippen molar-refractivity contribution in [1.82, 2.24) is 0 Å². The Kier molecular flexibility index (Phi) is 6.59. The standard InChI is InChI=1S/C10H11F3O6/c1-6(2)8(15)19-7(3-17-5-14)4-18-9(16)10(11,12)13/h5,7H,1,3-4H2,2H3. The predicted molar refractivity (Wildman–Crippen MR) is 53.7 cm³/mol. The number of rotatable bonds is 7. The zero-order valence-corrected chi connectivity index (χ0v) is 9.86. The van der Waals surface area contributed by atoms with E-state index in [1.807, 2.05) is 0 Å². The smallest absolute Gasteiger partial charge is 0.464 e. The molecule has 0 heterocycles. The topological polar surface area (TPSA) is 78.9 Å². The summed E-state index contributed by atoms with van der Waals surface area (Å²) in [4.78, 5) is 31.5. The fraction of sp³-hybridized carbons (Fsp3) is 0.500. The van der Waals surface area contributed by atoms with Gasteiger partial charge in [-0.15, -0.1) is 0 Å². The summed E-state index contributed by atoms with van der Waals surface area (Å²) in [6.45, 7) is 3.12. The number of carbonyl (C=O) groups excluding carboxylic acids is 3. The molecule has 1 atom stereocenters. The zero-order valence-electron chi connectivity index (χ0n) is 9.86. The van der Waals surface area contributed by atoms with Crippen LogP contribution in [0.3, 0.4) is 0 Å². The second-order valence-corrected chi connectivity index (χ2v) is 3.33. The van der Waals surface area contributed by atoms with Crippen molar-refractivity contribution in [3.8, 4) is 0 Å². The van der Waals surface area contributed by atoms with Gasteiger partial charge in [0, 0.05) is 5.57 Å². The molecule has 0 spiro atoms. The highest BCUT2D eigenvalue weighted by Gasteiger charge is 2.41. The van der Waals surface area contributed by atoms with Crippen molar-refractivity contribution in [2.24, 2.45) is 0 Å². The second kappa shape index (κ2) is 7.39. The lowest BCUT2D eigenvalue weighted by Gasteiger charge is -2.17. The van der Waals surface area contributed by atoms with Crippen molar-refractivity contribution in [3.63, 3.8) is 0 Å². The molecule has 108 valence electrons. The maximum Gasteiger partial charge on any atom is 0.490 e. The largest absolute Gasteiger partial charge is 0.490 e. The van der Waals surface area contributed by atoms with Gasteiger partial charge in [0.2, 0.25) is 0 Å². The van der Waals surface area contributed by atoms with Crippen LogP contribution in [0.2, 0.25) is 0 Å². The van der Waals surface area contributed by atoms with Crippen molar-refractivity contribution in [2.75, 3.05) is 13.2 Å². The van der Waals surface area contributed by atoms with E-state index in [-0.39, 0.29) is 12.0 Å². The van der Waals surface area contributed by atoms with Crippen LogP contribution < -0.4 is 0 Å². The van der Waals surface area contributed by atoms with Crippen molar-refractivity contribution < 1.29 is 41.8 Å². The molecule has 0 fully saturated rings. The third-order valence-corrected chi connectivity index (χ3v) is 1.60. The molecule has 0 N–H and O–H groups in total. The fourth-order valence-corrected chi connectivity index (χ4v) is 0.765. The number of halogens is 3. The highest BCUT2D eigenvalue weighted by molar-refractivity contribution is 5.87. The van der Waals surface area contributed by atoms with E-state index in [1.165, 1.54) is 6.92 Å². The lowest BCUT2D eigenvalue weighted by atomic mass is 10.3. The maximum atomic E-state index is 11.9. The molecular formula is C10H11F3O6. The van der Waals surface area contributed by atoms with E-state index < -0.39 is 37.4 Å². The van der Waals surface area contributed by atoms with E-state index in [0.29, 0.717) is 0 Å². The number of hydrogen-bond donors (Lipinski definition) is 0. The lowest BCUT2D eigenvalue weighted by molar-refractivity contribution is -0.203. The van der Waals surface area contributed by atoms with Crippen LogP contribution in [-0.4, -0.2) is 43.9 Å². The molecule has 0 amide bonds. The first kappa shape index (κ1) is 16.9. The molecule has 0 saturated carbocycles. The van der Waals surface area contributed by atoms with Crippen LogP contribution in [0.1, 0.15) is 6.92 Å². The van der Waals surface area contributed by atoms with Gasteiger partial charge in [-0.25, -0.2) is 9.59 Å². The number of hydrogen-bond acceptors (Lipinski definition) is 6. The summed E-state index contributed by atoms with van der Waals surface area (Å²) >= 11 is 0. The van der Waals surface area contributed by atoms with E-state index in [1.54, 1.807) is 0 Å². The van der Waals surface area contributed by atoms with E-state index in [0.717, 1.165) is 0 Å². The van der Waals surface area contributed by atoms with Crippen LogP contribution >= 0.6 is 0 Å². The van der Waals surface area contributed by atoms with Gasteiger partial charge in [-0.1, -0.05) is 6.58 Å². The SMILES string of the molecule is C=C(C)C(=O)OC(COC=O)COC(=O)C(F)(F)F. The maximum absolute atomic E-state index is 11.9. The molecule has 9 heteroatoms. The molecule has 0 saturated heterocycles. The number of alkyl halides is 3. The van der Waals surface area contributed by atoms with Gasteiger partial charge < -0.3 is 14.2 Å². The average Bonchev–Trinajstić information content (AvgIpc) is 2.30. The van der Waals surface area contributed by atoms with Crippen molar-refractivity contribution in [1.29, 1.82) is 0 Å². The normalized spacial score (nSPS) is 12.2. The molecule has 0 aromatic carbocycles. The molecule has 0 aliphatic carbocycles. The van der Waals surface area contributed by atoms with Crippen LogP contribution in [0.4, 0.5) is 13.2 Å². The molecule has 0 aromatic rings. The Morgan fingerprint density at radius 2 is 1.89 bits per heavy atom. The molecule has 19 heavy (non-hydrogen) atoms. The Balaban J connectivity index is 4.43. The number of ether oxygens (including phenoxy) is 3. The number of carbonyl (C=O) groups is 3. The van der Waals surface area contributed by atoms with Crippen LogP contribution in [0.5, 0.6) is 0 Å². The first-order valence-corrected chi connectivity index (χ1v) is 4.84. The summed E-state index contributed by atoms with van der Waals surface area (Å²) in [7, 11) is 0. The summed E-state index contributed by atoms with van der Waals surface area (Å²) in [6, 6.07) is 0. The molecular weight excluding hydrogens is 273 g/mol. The molecule has 0 aliphatic heterocycles. The number of esters is 2. The van der Waals surface area contributed by atoms with Gasteiger partial charge in [0.1, 0.15) is 13.2 Å². The van der Waals surface area contributed by atoms with Gasteiger partial charge in [0.05, 0.1) is 0 Å². The van der Waals surface area contributed by atoms with Gasteiger partial charge in [-0.3, -0.25) is 4.79 Å². The monoisotopic (exact) mass is 284 g/mol.